The van der Waals surface area contributed by atoms with Gasteiger partial charge in [-0.05, 0) is 26.2 Å². The van der Waals surface area contributed by atoms with Gasteiger partial charge in [0.1, 0.15) is 0 Å². The van der Waals surface area contributed by atoms with Crippen LogP contribution in [0.3, 0.4) is 0 Å². The molecule has 0 radical (unpaired) electrons. The van der Waals surface area contributed by atoms with Crippen molar-refractivity contribution in [1.82, 2.24) is 0 Å². The Bertz CT molecular complexity index is 113. The van der Waals surface area contributed by atoms with Gasteiger partial charge in [0.15, 0.2) is 0 Å². The van der Waals surface area contributed by atoms with Crippen LogP contribution in [-0.4, -0.2) is 22.4 Å². The average molecular weight is 202 g/mol. The van der Waals surface area contributed by atoms with Crippen LogP contribution in [0.2, 0.25) is 0 Å². The van der Waals surface area contributed by atoms with E-state index in [2.05, 4.69) is 6.92 Å². The maximum atomic E-state index is 9.54. The van der Waals surface area contributed by atoms with E-state index < -0.39 is 0 Å². The van der Waals surface area contributed by atoms with Gasteiger partial charge in [0, 0.05) is 0 Å². The smallest absolute Gasteiger partial charge is 0.0541 e. The van der Waals surface area contributed by atoms with Crippen LogP contribution >= 0.6 is 0 Å². The second-order valence-electron chi connectivity index (χ2n) is 4.28. The summed E-state index contributed by atoms with van der Waals surface area (Å²) in [5.74, 6) is 0. The zero-order valence-corrected chi connectivity index (χ0v) is 9.71. The Morgan fingerprint density at radius 1 is 0.857 bits per heavy atom. The van der Waals surface area contributed by atoms with Crippen LogP contribution < -0.4 is 0 Å². The Labute approximate surface area is 88.3 Å². The molecule has 0 aromatic heterocycles. The van der Waals surface area contributed by atoms with Gasteiger partial charge in [-0.2, -0.15) is 0 Å². The van der Waals surface area contributed by atoms with E-state index in [4.69, 9.17) is 5.11 Å². The molecule has 14 heavy (non-hydrogen) atoms. The van der Waals surface area contributed by atoms with Gasteiger partial charge in [0.25, 0.3) is 0 Å². The van der Waals surface area contributed by atoms with Crippen LogP contribution in [0.15, 0.2) is 0 Å². The molecule has 2 atom stereocenters. The van der Waals surface area contributed by atoms with Gasteiger partial charge in [-0.15, -0.1) is 0 Å². The maximum absolute atomic E-state index is 9.54. The van der Waals surface area contributed by atoms with Crippen molar-refractivity contribution in [3.8, 4) is 0 Å². The van der Waals surface area contributed by atoms with Gasteiger partial charge < -0.3 is 10.2 Å². The molecule has 0 aromatic carbocycles. The fourth-order valence-electron chi connectivity index (χ4n) is 1.56. The number of unbranched alkanes of at least 4 members (excludes halogenated alkanes) is 4. The Morgan fingerprint density at radius 3 is 2.07 bits per heavy atom. The van der Waals surface area contributed by atoms with E-state index >= 15 is 0 Å². The van der Waals surface area contributed by atoms with Gasteiger partial charge in [-0.1, -0.05) is 39.0 Å². The predicted octanol–water partition coefficient (Wildman–Crippen LogP) is 2.87. The van der Waals surface area contributed by atoms with Crippen molar-refractivity contribution in [2.45, 2.75) is 77.4 Å². The van der Waals surface area contributed by atoms with Gasteiger partial charge >= 0.3 is 0 Å². The first-order valence-electron chi connectivity index (χ1n) is 6.03. The van der Waals surface area contributed by atoms with Crippen molar-refractivity contribution in [2.75, 3.05) is 0 Å². The van der Waals surface area contributed by atoms with Crippen molar-refractivity contribution in [2.24, 2.45) is 0 Å². The highest BCUT2D eigenvalue weighted by atomic mass is 16.3. The van der Waals surface area contributed by atoms with Gasteiger partial charge in [-0.25, -0.2) is 0 Å². The average Bonchev–Trinajstić information content (AvgIpc) is 2.14. The quantitative estimate of drug-likeness (QED) is 0.564. The van der Waals surface area contributed by atoms with E-state index in [0.29, 0.717) is 0 Å². The Hall–Kier alpha value is -0.0800. The van der Waals surface area contributed by atoms with E-state index in [9.17, 15) is 5.11 Å². The summed E-state index contributed by atoms with van der Waals surface area (Å²) in [6.45, 7) is 3.98. The highest BCUT2D eigenvalue weighted by Gasteiger charge is 2.05. The van der Waals surface area contributed by atoms with Crippen molar-refractivity contribution in [1.29, 1.82) is 0 Å². The number of rotatable bonds is 9. The van der Waals surface area contributed by atoms with Crippen LogP contribution in [0.5, 0.6) is 0 Å². The normalized spacial score (nSPS) is 15.4. The molecule has 0 saturated carbocycles. The van der Waals surface area contributed by atoms with Gasteiger partial charge in [0.2, 0.25) is 0 Å². The van der Waals surface area contributed by atoms with E-state index in [0.717, 1.165) is 25.7 Å². The summed E-state index contributed by atoms with van der Waals surface area (Å²) in [5.41, 5.74) is 0. The lowest BCUT2D eigenvalue weighted by Gasteiger charge is -2.11. The first-order chi connectivity index (χ1) is 6.66. The van der Waals surface area contributed by atoms with Crippen LogP contribution in [0.1, 0.15) is 65.2 Å². The Morgan fingerprint density at radius 2 is 1.50 bits per heavy atom. The fraction of sp³-hybridized carbons (Fsp3) is 1.00. The number of hydrogen-bond donors (Lipinski definition) is 2. The van der Waals surface area contributed by atoms with Gasteiger partial charge in [-0.3, -0.25) is 0 Å². The molecular formula is C12H26O2. The predicted molar refractivity (Wildman–Crippen MR) is 60.3 cm³/mol. The topological polar surface area (TPSA) is 40.5 Å². The lowest BCUT2D eigenvalue weighted by atomic mass is 10.0. The van der Waals surface area contributed by atoms with Crippen molar-refractivity contribution in [3.05, 3.63) is 0 Å². The molecule has 0 bridgehead atoms. The molecule has 0 aromatic rings. The Kier molecular flexibility index (Phi) is 9.42. The maximum Gasteiger partial charge on any atom is 0.0541 e. The SMILES string of the molecule is CCCCCCCC(O)CCC(C)O. The molecule has 86 valence electrons. The summed E-state index contributed by atoms with van der Waals surface area (Å²) in [7, 11) is 0. The molecule has 0 aliphatic rings. The zero-order valence-electron chi connectivity index (χ0n) is 9.71. The molecule has 0 spiro atoms. The van der Waals surface area contributed by atoms with Crippen molar-refractivity contribution < 1.29 is 10.2 Å². The van der Waals surface area contributed by atoms with Crippen LogP contribution in [0.4, 0.5) is 0 Å². The molecule has 2 nitrogen and oxygen atoms in total. The van der Waals surface area contributed by atoms with Crippen molar-refractivity contribution in [3.63, 3.8) is 0 Å². The summed E-state index contributed by atoms with van der Waals surface area (Å²) in [4.78, 5) is 0. The van der Waals surface area contributed by atoms with Crippen LogP contribution in [-0.2, 0) is 0 Å². The number of hydrogen-bond acceptors (Lipinski definition) is 2. The highest BCUT2D eigenvalue weighted by Crippen LogP contribution is 2.11. The van der Waals surface area contributed by atoms with Gasteiger partial charge in [0.05, 0.1) is 12.2 Å². The second-order valence-corrected chi connectivity index (χ2v) is 4.28. The summed E-state index contributed by atoms with van der Waals surface area (Å²) in [6.07, 6.45) is 8.11. The molecule has 0 amide bonds. The third-order valence-corrected chi connectivity index (χ3v) is 2.56. The number of aliphatic hydroxyl groups is 2. The molecular weight excluding hydrogens is 176 g/mol. The molecule has 0 aliphatic heterocycles. The van der Waals surface area contributed by atoms with E-state index in [1.54, 1.807) is 6.92 Å². The second kappa shape index (κ2) is 9.47. The summed E-state index contributed by atoms with van der Waals surface area (Å²) >= 11 is 0. The first-order valence-corrected chi connectivity index (χ1v) is 6.03. The molecule has 0 rings (SSSR count). The molecule has 0 heterocycles. The molecule has 2 heteroatoms. The Balaban J connectivity index is 3.14. The standard InChI is InChI=1S/C12H26O2/c1-3-4-5-6-7-8-12(14)10-9-11(2)13/h11-14H,3-10H2,1-2H3. The number of aliphatic hydroxyl groups excluding tert-OH is 2. The molecule has 0 saturated heterocycles. The van der Waals surface area contributed by atoms with Crippen LogP contribution in [0, 0.1) is 0 Å². The minimum Gasteiger partial charge on any atom is -0.393 e. The van der Waals surface area contributed by atoms with Crippen molar-refractivity contribution >= 4 is 0 Å². The molecule has 2 N–H and O–H groups in total. The van der Waals surface area contributed by atoms with E-state index in [-0.39, 0.29) is 12.2 Å². The summed E-state index contributed by atoms with van der Waals surface area (Å²) in [5, 5.41) is 18.6. The van der Waals surface area contributed by atoms with E-state index in [1.807, 2.05) is 0 Å². The summed E-state index contributed by atoms with van der Waals surface area (Å²) < 4.78 is 0. The monoisotopic (exact) mass is 202 g/mol. The lowest BCUT2D eigenvalue weighted by Crippen LogP contribution is -2.10. The molecule has 2 unspecified atom stereocenters. The summed E-state index contributed by atoms with van der Waals surface area (Å²) in [6, 6.07) is 0. The highest BCUT2D eigenvalue weighted by molar-refractivity contribution is 4.58. The molecule has 0 aliphatic carbocycles. The third kappa shape index (κ3) is 10.0. The zero-order chi connectivity index (χ0) is 10.8. The molecule has 0 fully saturated rings. The third-order valence-electron chi connectivity index (χ3n) is 2.56. The fourth-order valence-corrected chi connectivity index (χ4v) is 1.56. The van der Waals surface area contributed by atoms with Crippen LogP contribution in [0.25, 0.3) is 0 Å². The minimum atomic E-state index is -0.273. The largest absolute Gasteiger partial charge is 0.393 e. The minimum absolute atomic E-state index is 0.203. The first kappa shape index (κ1) is 13.9. The van der Waals surface area contributed by atoms with E-state index in [1.165, 1.54) is 25.7 Å². The lowest BCUT2D eigenvalue weighted by molar-refractivity contribution is 0.115.